The fourth-order valence-corrected chi connectivity index (χ4v) is 2.60. The lowest BCUT2D eigenvalue weighted by atomic mass is 9.96. The van der Waals surface area contributed by atoms with E-state index < -0.39 is 6.04 Å². The minimum Gasteiger partial charge on any atom is -0.465 e. The second kappa shape index (κ2) is 8.99. The molecule has 0 heterocycles. The maximum absolute atomic E-state index is 12.9. The molecule has 0 aliphatic carbocycles. The van der Waals surface area contributed by atoms with Gasteiger partial charge in [-0.1, -0.05) is 60.7 Å². The van der Waals surface area contributed by atoms with Crippen LogP contribution in [0.15, 0.2) is 60.7 Å². The maximum atomic E-state index is 12.9. The number of Topliss-reactive ketones (excluding diaryl/α,β-unsaturated/α-hetero) is 1. The molecule has 4 nitrogen and oxygen atoms in total. The third-order valence-electron chi connectivity index (χ3n) is 3.85. The second-order valence-corrected chi connectivity index (χ2v) is 5.66. The van der Waals surface area contributed by atoms with Gasteiger partial charge >= 0.3 is 5.97 Å². The lowest BCUT2D eigenvalue weighted by Gasteiger charge is -2.26. The van der Waals surface area contributed by atoms with Crippen molar-refractivity contribution in [2.45, 2.75) is 19.4 Å². The summed E-state index contributed by atoms with van der Waals surface area (Å²) in [7, 11) is 1.78. The average molecular weight is 325 g/mol. The van der Waals surface area contributed by atoms with Crippen LogP contribution >= 0.6 is 0 Å². The Morgan fingerprint density at radius 2 is 1.58 bits per heavy atom. The number of ketones is 1. The van der Waals surface area contributed by atoms with Gasteiger partial charge in [0.2, 0.25) is 0 Å². The summed E-state index contributed by atoms with van der Waals surface area (Å²) >= 11 is 0. The molecule has 0 aromatic heterocycles. The molecule has 0 bridgehead atoms. The van der Waals surface area contributed by atoms with Crippen LogP contribution in [0, 0.1) is 0 Å². The van der Waals surface area contributed by atoms with Crippen LogP contribution in [0.1, 0.15) is 22.8 Å². The predicted molar refractivity (Wildman–Crippen MR) is 94.0 cm³/mol. The van der Waals surface area contributed by atoms with E-state index >= 15 is 0 Å². The molecule has 126 valence electrons. The Morgan fingerprint density at radius 1 is 1.00 bits per heavy atom. The standard InChI is InChI=1S/C20H23NO3/c1-3-24-19(22)15-21(2)18(14-16-10-6-4-7-11-16)20(23)17-12-8-5-9-13-17/h4-13,18H,3,14-15H2,1-2H3. The number of benzene rings is 2. The van der Waals surface area contributed by atoms with Crippen molar-refractivity contribution in [1.29, 1.82) is 0 Å². The highest BCUT2D eigenvalue weighted by molar-refractivity contribution is 6.00. The van der Waals surface area contributed by atoms with Crippen LogP contribution in [0.25, 0.3) is 0 Å². The Morgan fingerprint density at radius 3 is 2.17 bits per heavy atom. The number of ether oxygens (including phenoxy) is 1. The molecule has 0 amide bonds. The predicted octanol–water partition coefficient (Wildman–Crippen LogP) is 2.98. The lowest BCUT2D eigenvalue weighted by Crippen LogP contribution is -2.43. The van der Waals surface area contributed by atoms with Crippen molar-refractivity contribution in [2.24, 2.45) is 0 Å². The zero-order valence-electron chi connectivity index (χ0n) is 14.1. The number of esters is 1. The van der Waals surface area contributed by atoms with Gasteiger partial charge in [0.1, 0.15) is 0 Å². The summed E-state index contributed by atoms with van der Waals surface area (Å²) in [4.78, 5) is 26.5. The highest BCUT2D eigenvalue weighted by atomic mass is 16.5. The first kappa shape index (κ1) is 17.9. The Labute approximate surface area is 143 Å². The van der Waals surface area contributed by atoms with E-state index in [-0.39, 0.29) is 18.3 Å². The number of carbonyl (C=O) groups excluding carboxylic acids is 2. The SMILES string of the molecule is CCOC(=O)CN(C)C(Cc1ccccc1)C(=O)c1ccccc1. The van der Waals surface area contributed by atoms with E-state index in [1.165, 1.54) is 0 Å². The van der Waals surface area contributed by atoms with E-state index in [1.807, 2.05) is 48.5 Å². The van der Waals surface area contributed by atoms with Gasteiger partial charge < -0.3 is 4.74 Å². The summed E-state index contributed by atoms with van der Waals surface area (Å²) < 4.78 is 5.01. The molecule has 2 aromatic carbocycles. The first-order chi connectivity index (χ1) is 11.6. The third-order valence-corrected chi connectivity index (χ3v) is 3.85. The zero-order valence-corrected chi connectivity index (χ0v) is 14.1. The molecule has 0 saturated heterocycles. The van der Waals surface area contributed by atoms with Gasteiger partial charge in [0, 0.05) is 5.56 Å². The van der Waals surface area contributed by atoms with Crippen molar-refractivity contribution in [1.82, 2.24) is 4.90 Å². The molecule has 0 aliphatic heterocycles. The molecule has 0 N–H and O–H groups in total. The van der Waals surface area contributed by atoms with Gasteiger partial charge in [-0.15, -0.1) is 0 Å². The van der Waals surface area contributed by atoms with Crippen molar-refractivity contribution < 1.29 is 14.3 Å². The van der Waals surface area contributed by atoms with Crippen molar-refractivity contribution in [3.05, 3.63) is 71.8 Å². The first-order valence-corrected chi connectivity index (χ1v) is 8.11. The number of rotatable bonds is 8. The number of carbonyl (C=O) groups is 2. The van der Waals surface area contributed by atoms with E-state index in [0.29, 0.717) is 18.6 Å². The molecule has 24 heavy (non-hydrogen) atoms. The van der Waals surface area contributed by atoms with Crippen LogP contribution in [0.3, 0.4) is 0 Å². The summed E-state index contributed by atoms with van der Waals surface area (Å²) in [5, 5.41) is 0. The number of likely N-dealkylation sites (N-methyl/N-ethyl adjacent to an activating group) is 1. The topological polar surface area (TPSA) is 46.6 Å². The van der Waals surface area contributed by atoms with Crippen molar-refractivity contribution in [3.63, 3.8) is 0 Å². The normalized spacial score (nSPS) is 12.0. The van der Waals surface area contributed by atoms with Gasteiger partial charge in [-0.3, -0.25) is 14.5 Å². The molecule has 2 aromatic rings. The molecule has 0 spiro atoms. The van der Waals surface area contributed by atoms with E-state index in [9.17, 15) is 9.59 Å². The average Bonchev–Trinajstić information content (AvgIpc) is 2.61. The van der Waals surface area contributed by atoms with E-state index in [1.54, 1.807) is 31.0 Å². The molecule has 1 atom stereocenters. The van der Waals surface area contributed by atoms with E-state index in [2.05, 4.69) is 0 Å². The van der Waals surface area contributed by atoms with Crippen LogP contribution in [-0.2, 0) is 16.0 Å². The minimum absolute atomic E-state index is 0.00579. The van der Waals surface area contributed by atoms with Crippen LogP contribution in [0.5, 0.6) is 0 Å². The maximum Gasteiger partial charge on any atom is 0.320 e. The van der Waals surface area contributed by atoms with E-state index in [0.717, 1.165) is 5.56 Å². The molecular formula is C20H23NO3. The van der Waals surface area contributed by atoms with Crippen molar-refractivity contribution >= 4 is 11.8 Å². The first-order valence-electron chi connectivity index (χ1n) is 8.11. The van der Waals surface area contributed by atoms with Gasteiger partial charge in [-0.2, -0.15) is 0 Å². The highest BCUT2D eigenvalue weighted by Crippen LogP contribution is 2.14. The van der Waals surface area contributed by atoms with Gasteiger partial charge in [-0.25, -0.2) is 0 Å². The lowest BCUT2D eigenvalue weighted by molar-refractivity contribution is -0.144. The summed E-state index contributed by atoms with van der Waals surface area (Å²) in [5.74, 6) is -0.315. The number of nitrogens with zero attached hydrogens (tertiary/aromatic N) is 1. The molecule has 0 fully saturated rings. The largest absolute Gasteiger partial charge is 0.465 e. The molecular weight excluding hydrogens is 302 g/mol. The minimum atomic E-state index is -0.417. The highest BCUT2D eigenvalue weighted by Gasteiger charge is 2.26. The summed E-state index contributed by atoms with van der Waals surface area (Å²) in [5.41, 5.74) is 1.71. The Balaban J connectivity index is 2.20. The van der Waals surface area contributed by atoms with Gasteiger partial charge in [0.15, 0.2) is 5.78 Å². The fraction of sp³-hybridized carbons (Fsp3) is 0.300. The zero-order chi connectivity index (χ0) is 17.4. The number of hydrogen-bond donors (Lipinski definition) is 0. The second-order valence-electron chi connectivity index (χ2n) is 5.66. The molecule has 0 aliphatic rings. The van der Waals surface area contributed by atoms with Gasteiger partial charge in [0.25, 0.3) is 0 Å². The summed E-state index contributed by atoms with van der Waals surface area (Å²) in [6.07, 6.45) is 0.546. The van der Waals surface area contributed by atoms with Gasteiger partial charge in [0.05, 0.1) is 19.2 Å². The monoisotopic (exact) mass is 325 g/mol. The summed E-state index contributed by atoms with van der Waals surface area (Å²) in [6, 6.07) is 18.6. The van der Waals surface area contributed by atoms with Gasteiger partial charge in [-0.05, 0) is 26.0 Å². The molecule has 0 saturated carbocycles. The quantitative estimate of drug-likeness (QED) is 0.553. The van der Waals surface area contributed by atoms with E-state index in [4.69, 9.17) is 4.74 Å². The molecule has 4 heteroatoms. The Hall–Kier alpha value is -2.46. The van der Waals surface area contributed by atoms with Crippen LogP contribution in [0.4, 0.5) is 0 Å². The molecule has 0 radical (unpaired) electrons. The number of hydrogen-bond acceptors (Lipinski definition) is 4. The smallest absolute Gasteiger partial charge is 0.320 e. The summed E-state index contributed by atoms with van der Waals surface area (Å²) in [6.45, 7) is 2.20. The molecule has 2 rings (SSSR count). The Bertz CT molecular complexity index is 655. The Kier molecular flexibility index (Phi) is 6.70. The van der Waals surface area contributed by atoms with Crippen LogP contribution < -0.4 is 0 Å². The van der Waals surface area contributed by atoms with Crippen LogP contribution in [0.2, 0.25) is 0 Å². The third kappa shape index (κ3) is 5.03. The van der Waals surface area contributed by atoms with Crippen molar-refractivity contribution in [2.75, 3.05) is 20.2 Å². The van der Waals surface area contributed by atoms with Crippen molar-refractivity contribution in [3.8, 4) is 0 Å². The van der Waals surface area contributed by atoms with Crippen LogP contribution in [-0.4, -0.2) is 42.9 Å². The molecule has 1 unspecified atom stereocenters. The fourth-order valence-electron chi connectivity index (χ4n) is 2.60.